The van der Waals surface area contributed by atoms with Crippen molar-refractivity contribution in [3.05, 3.63) is 35.6 Å². The Morgan fingerprint density at radius 2 is 2.15 bits per heavy atom. The highest BCUT2D eigenvalue weighted by molar-refractivity contribution is 7.88. The normalized spacial score (nSPS) is 11.5. The molecule has 0 aliphatic rings. The van der Waals surface area contributed by atoms with Crippen LogP contribution in [0.25, 0.3) is 0 Å². The van der Waals surface area contributed by atoms with E-state index in [0.29, 0.717) is 5.56 Å². The number of nitrogens with one attached hydrogen (secondary N) is 1. The van der Waals surface area contributed by atoms with Crippen molar-refractivity contribution in [2.24, 2.45) is 0 Å². The van der Waals surface area contributed by atoms with Gasteiger partial charge in [-0.2, -0.15) is 0 Å². The summed E-state index contributed by atoms with van der Waals surface area (Å²) in [5.74, 6) is -0.620. The maximum absolute atomic E-state index is 12.6. The van der Waals surface area contributed by atoms with Crippen LogP contribution in [0.1, 0.15) is 5.56 Å². The van der Waals surface area contributed by atoms with Gasteiger partial charge in [0, 0.05) is 0 Å². The molecular weight excluding hydrogens is 193 g/mol. The summed E-state index contributed by atoms with van der Waals surface area (Å²) in [4.78, 5) is 0. The Kier molecular flexibility index (Phi) is 3.00. The third-order valence-corrected chi connectivity index (χ3v) is 2.89. The molecule has 0 spiro atoms. The lowest BCUT2D eigenvalue weighted by Gasteiger charge is -2.01. The van der Waals surface area contributed by atoms with Crippen molar-refractivity contribution < 1.29 is 12.8 Å². The highest BCUT2D eigenvalue weighted by Crippen LogP contribution is 2.06. The molecule has 1 N–H and O–H groups in total. The number of benzene rings is 1. The average Bonchev–Trinajstić information content (AvgIpc) is 2.03. The SMILES string of the molecule is CNS(=O)(=O)Cc1cccc(F)c1. The van der Waals surface area contributed by atoms with Gasteiger partial charge in [-0.3, -0.25) is 0 Å². The second-order valence-corrected chi connectivity index (χ2v) is 4.52. The first-order valence-electron chi connectivity index (χ1n) is 3.69. The molecule has 0 saturated carbocycles. The molecular formula is C8H10FNO2S. The van der Waals surface area contributed by atoms with Crippen molar-refractivity contribution in [1.29, 1.82) is 0 Å². The number of sulfonamides is 1. The highest BCUT2D eigenvalue weighted by Gasteiger charge is 2.08. The Balaban J connectivity index is 2.87. The zero-order valence-corrected chi connectivity index (χ0v) is 7.94. The molecule has 0 unspecified atom stereocenters. The molecule has 1 aromatic carbocycles. The van der Waals surface area contributed by atoms with E-state index >= 15 is 0 Å². The van der Waals surface area contributed by atoms with Crippen LogP contribution in [0.5, 0.6) is 0 Å². The van der Waals surface area contributed by atoms with Crippen molar-refractivity contribution >= 4 is 10.0 Å². The van der Waals surface area contributed by atoms with Gasteiger partial charge in [0.2, 0.25) is 10.0 Å². The molecule has 0 saturated heterocycles. The van der Waals surface area contributed by atoms with E-state index in [1.807, 2.05) is 0 Å². The van der Waals surface area contributed by atoms with Gasteiger partial charge in [-0.15, -0.1) is 0 Å². The van der Waals surface area contributed by atoms with Gasteiger partial charge in [0.05, 0.1) is 5.75 Å². The quantitative estimate of drug-likeness (QED) is 0.792. The van der Waals surface area contributed by atoms with Gasteiger partial charge in [-0.25, -0.2) is 17.5 Å². The number of hydrogen-bond acceptors (Lipinski definition) is 2. The molecule has 5 heteroatoms. The minimum absolute atomic E-state index is 0.193. The maximum atomic E-state index is 12.6. The molecule has 0 heterocycles. The van der Waals surface area contributed by atoms with E-state index in [-0.39, 0.29) is 5.75 Å². The van der Waals surface area contributed by atoms with Crippen LogP contribution in [0.2, 0.25) is 0 Å². The van der Waals surface area contributed by atoms with Crippen molar-refractivity contribution in [2.45, 2.75) is 5.75 Å². The third kappa shape index (κ3) is 3.12. The number of hydrogen-bond donors (Lipinski definition) is 1. The zero-order chi connectivity index (χ0) is 9.90. The average molecular weight is 203 g/mol. The van der Waals surface area contributed by atoms with Crippen molar-refractivity contribution in [3.63, 3.8) is 0 Å². The van der Waals surface area contributed by atoms with E-state index in [1.165, 1.54) is 25.2 Å². The maximum Gasteiger partial charge on any atom is 0.215 e. The van der Waals surface area contributed by atoms with Crippen molar-refractivity contribution in [3.8, 4) is 0 Å². The highest BCUT2D eigenvalue weighted by atomic mass is 32.2. The molecule has 0 aromatic heterocycles. The molecule has 0 radical (unpaired) electrons. The molecule has 3 nitrogen and oxygen atoms in total. The van der Waals surface area contributed by atoms with E-state index in [1.54, 1.807) is 6.07 Å². The summed E-state index contributed by atoms with van der Waals surface area (Å²) in [5, 5.41) is 0. The Morgan fingerprint density at radius 1 is 1.46 bits per heavy atom. The lowest BCUT2D eigenvalue weighted by Crippen LogP contribution is -2.20. The lowest BCUT2D eigenvalue weighted by atomic mass is 10.2. The molecule has 0 amide bonds. The molecule has 1 aromatic rings. The summed E-state index contributed by atoms with van der Waals surface area (Å²) < 4.78 is 36.9. The molecule has 0 aliphatic carbocycles. The van der Waals surface area contributed by atoms with Gasteiger partial charge in [-0.05, 0) is 24.7 Å². The Morgan fingerprint density at radius 3 is 2.69 bits per heavy atom. The molecule has 72 valence electrons. The first-order valence-corrected chi connectivity index (χ1v) is 5.34. The minimum Gasteiger partial charge on any atom is -0.218 e. The first kappa shape index (κ1) is 10.1. The second kappa shape index (κ2) is 3.85. The van der Waals surface area contributed by atoms with Crippen LogP contribution in [-0.2, 0) is 15.8 Å². The predicted molar refractivity (Wildman–Crippen MR) is 48.1 cm³/mol. The summed E-state index contributed by atoms with van der Waals surface area (Å²) in [6.07, 6.45) is 0. The van der Waals surface area contributed by atoms with Crippen LogP contribution in [0, 0.1) is 5.82 Å². The summed E-state index contributed by atoms with van der Waals surface area (Å²) in [6.45, 7) is 0. The Labute approximate surface area is 76.6 Å². The zero-order valence-electron chi connectivity index (χ0n) is 7.12. The fraction of sp³-hybridized carbons (Fsp3) is 0.250. The smallest absolute Gasteiger partial charge is 0.215 e. The summed E-state index contributed by atoms with van der Waals surface area (Å²) in [5.41, 5.74) is 0.439. The number of halogens is 1. The van der Waals surface area contributed by atoms with Crippen LogP contribution in [0.3, 0.4) is 0 Å². The summed E-state index contributed by atoms with van der Waals surface area (Å²) in [7, 11) is -1.98. The largest absolute Gasteiger partial charge is 0.218 e. The number of rotatable bonds is 3. The van der Waals surface area contributed by atoms with Gasteiger partial charge >= 0.3 is 0 Å². The van der Waals surface area contributed by atoms with E-state index in [4.69, 9.17) is 0 Å². The van der Waals surface area contributed by atoms with Crippen LogP contribution in [-0.4, -0.2) is 15.5 Å². The predicted octanol–water partition coefficient (Wildman–Crippen LogP) is 0.875. The minimum atomic E-state index is -3.31. The monoisotopic (exact) mass is 203 g/mol. The topological polar surface area (TPSA) is 46.2 Å². The van der Waals surface area contributed by atoms with Gasteiger partial charge in [-0.1, -0.05) is 12.1 Å². The fourth-order valence-electron chi connectivity index (χ4n) is 0.918. The van der Waals surface area contributed by atoms with Crippen LogP contribution in [0.4, 0.5) is 4.39 Å². The van der Waals surface area contributed by atoms with E-state index < -0.39 is 15.8 Å². The van der Waals surface area contributed by atoms with Crippen molar-refractivity contribution in [2.75, 3.05) is 7.05 Å². The van der Waals surface area contributed by atoms with Crippen LogP contribution < -0.4 is 4.72 Å². The van der Waals surface area contributed by atoms with Gasteiger partial charge in [0.15, 0.2) is 0 Å². The summed E-state index contributed by atoms with van der Waals surface area (Å²) in [6, 6.07) is 5.53. The molecule has 0 aliphatic heterocycles. The van der Waals surface area contributed by atoms with Crippen LogP contribution >= 0.6 is 0 Å². The molecule has 13 heavy (non-hydrogen) atoms. The molecule has 0 bridgehead atoms. The third-order valence-electron chi connectivity index (χ3n) is 1.56. The first-order chi connectivity index (χ1) is 6.03. The standard InChI is InChI=1S/C8H10FNO2S/c1-10-13(11,12)6-7-3-2-4-8(9)5-7/h2-5,10H,6H2,1H3. The van der Waals surface area contributed by atoms with E-state index in [9.17, 15) is 12.8 Å². The van der Waals surface area contributed by atoms with Gasteiger partial charge in [0.25, 0.3) is 0 Å². The molecule has 0 atom stereocenters. The van der Waals surface area contributed by atoms with Gasteiger partial charge < -0.3 is 0 Å². The van der Waals surface area contributed by atoms with Crippen LogP contribution in [0.15, 0.2) is 24.3 Å². The second-order valence-electron chi connectivity index (χ2n) is 2.59. The molecule has 1 rings (SSSR count). The van der Waals surface area contributed by atoms with Crippen molar-refractivity contribution in [1.82, 2.24) is 4.72 Å². The summed E-state index contributed by atoms with van der Waals surface area (Å²) >= 11 is 0. The lowest BCUT2D eigenvalue weighted by molar-refractivity contribution is 0.587. The fourth-order valence-corrected chi connectivity index (χ4v) is 1.68. The van der Waals surface area contributed by atoms with E-state index in [0.717, 1.165) is 0 Å². The van der Waals surface area contributed by atoms with Gasteiger partial charge in [0.1, 0.15) is 5.82 Å². The molecule has 0 fully saturated rings. The van der Waals surface area contributed by atoms with E-state index in [2.05, 4.69) is 4.72 Å². The Hall–Kier alpha value is -0.940. The Bertz CT molecular complexity index is 389.